The van der Waals surface area contributed by atoms with Crippen LogP contribution in [-0.2, 0) is 6.54 Å². The molecule has 4 N–H and O–H groups in total. The molecule has 1 saturated carbocycles. The van der Waals surface area contributed by atoms with Crippen molar-refractivity contribution in [1.29, 1.82) is 0 Å². The molecule has 0 atom stereocenters. The van der Waals surface area contributed by atoms with Gasteiger partial charge < -0.3 is 21.1 Å². The zero-order chi connectivity index (χ0) is 23.9. The molecular weight excluding hydrogens is 460 g/mol. The molecule has 180 valence electrons. The number of nitrogens with zero attached hydrogens (tertiary/aromatic N) is 2. The molecule has 1 aliphatic carbocycles. The number of rotatable bonds is 9. The van der Waals surface area contributed by atoms with Crippen LogP contribution in [0.25, 0.3) is 11.3 Å². The van der Waals surface area contributed by atoms with Crippen LogP contribution in [0.2, 0.25) is 5.02 Å². The van der Waals surface area contributed by atoms with Crippen molar-refractivity contribution in [2.45, 2.75) is 44.3 Å². The van der Waals surface area contributed by atoms with Crippen molar-refractivity contribution < 1.29 is 13.9 Å². The van der Waals surface area contributed by atoms with Crippen LogP contribution in [0.1, 0.15) is 31.2 Å². The monoisotopic (exact) mass is 487 g/mol. The van der Waals surface area contributed by atoms with Gasteiger partial charge in [0.25, 0.3) is 0 Å². The SMILES string of the molecule is OCCNC1CCC(Nc2cc(-c3cccc(NCc4cc(F)cc(F)c4)n3)c(Cl)cn2)CC1. The molecule has 34 heavy (non-hydrogen) atoms. The number of nitrogens with one attached hydrogen (secondary N) is 3. The molecule has 4 rings (SSSR count). The van der Waals surface area contributed by atoms with E-state index in [1.165, 1.54) is 12.1 Å². The molecule has 0 radical (unpaired) electrons. The number of aliphatic hydroxyl groups excluding tert-OH is 1. The van der Waals surface area contributed by atoms with E-state index in [4.69, 9.17) is 16.7 Å². The first-order valence-corrected chi connectivity index (χ1v) is 11.8. The normalized spacial score (nSPS) is 18.0. The summed E-state index contributed by atoms with van der Waals surface area (Å²) in [5.41, 5.74) is 1.90. The van der Waals surface area contributed by atoms with Crippen LogP contribution in [0, 0.1) is 11.6 Å². The van der Waals surface area contributed by atoms with Crippen molar-refractivity contribution in [3.63, 3.8) is 0 Å². The van der Waals surface area contributed by atoms with Crippen molar-refractivity contribution in [3.8, 4) is 11.3 Å². The number of hydrogen-bond acceptors (Lipinski definition) is 6. The van der Waals surface area contributed by atoms with E-state index in [0.717, 1.165) is 43.1 Å². The van der Waals surface area contributed by atoms with Crippen molar-refractivity contribution in [3.05, 3.63) is 70.9 Å². The summed E-state index contributed by atoms with van der Waals surface area (Å²) in [5.74, 6) is 0.0776. The quantitative estimate of drug-likeness (QED) is 0.340. The summed E-state index contributed by atoms with van der Waals surface area (Å²) in [6, 6.07) is 11.6. The third-order valence-electron chi connectivity index (χ3n) is 5.90. The maximum absolute atomic E-state index is 13.4. The van der Waals surface area contributed by atoms with Crippen molar-refractivity contribution >= 4 is 23.2 Å². The Bertz CT molecular complexity index is 1090. The van der Waals surface area contributed by atoms with Gasteiger partial charge in [-0.25, -0.2) is 18.7 Å². The summed E-state index contributed by atoms with van der Waals surface area (Å²) in [6.45, 7) is 1.02. The Morgan fingerprint density at radius 3 is 2.44 bits per heavy atom. The van der Waals surface area contributed by atoms with Gasteiger partial charge in [0.05, 0.1) is 17.3 Å². The highest BCUT2D eigenvalue weighted by Gasteiger charge is 2.21. The number of aromatic nitrogens is 2. The summed E-state index contributed by atoms with van der Waals surface area (Å²) in [4.78, 5) is 9.06. The average Bonchev–Trinajstić information content (AvgIpc) is 2.83. The molecule has 2 aromatic heterocycles. The second-order valence-electron chi connectivity index (χ2n) is 8.46. The topological polar surface area (TPSA) is 82.1 Å². The first-order chi connectivity index (χ1) is 16.5. The van der Waals surface area contributed by atoms with Gasteiger partial charge >= 0.3 is 0 Å². The minimum Gasteiger partial charge on any atom is -0.395 e. The molecule has 0 bridgehead atoms. The summed E-state index contributed by atoms with van der Waals surface area (Å²) in [6.07, 6.45) is 5.73. The summed E-state index contributed by atoms with van der Waals surface area (Å²) >= 11 is 6.44. The van der Waals surface area contributed by atoms with Crippen molar-refractivity contribution in [2.24, 2.45) is 0 Å². The van der Waals surface area contributed by atoms with E-state index in [2.05, 4.69) is 25.9 Å². The molecule has 1 fully saturated rings. The van der Waals surface area contributed by atoms with E-state index >= 15 is 0 Å². The molecule has 2 heterocycles. The van der Waals surface area contributed by atoms with E-state index in [9.17, 15) is 8.78 Å². The molecule has 3 aromatic rings. The van der Waals surface area contributed by atoms with E-state index < -0.39 is 11.6 Å². The van der Waals surface area contributed by atoms with Crippen molar-refractivity contribution in [1.82, 2.24) is 15.3 Å². The molecule has 6 nitrogen and oxygen atoms in total. The van der Waals surface area contributed by atoms with Gasteiger partial charge in [-0.2, -0.15) is 0 Å². The molecule has 0 spiro atoms. The van der Waals surface area contributed by atoms with Gasteiger partial charge in [0, 0.05) is 43.0 Å². The van der Waals surface area contributed by atoms with Gasteiger partial charge in [0.1, 0.15) is 23.3 Å². The van der Waals surface area contributed by atoms with Gasteiger partial charge in [0.2, 0.25) is 0 Å². The fourth-order valence-corrected chi connectivity index (χ4v) is 4.42. The Morgan fingerprint density at radius 1 is 0.971 bits per heavy atom. The molecule has 0 saturated heterocycles. The van der Waals surface area contributed by atoms with Gasteiger partial charge in [-0.1, -0.05) is 17.7 Å². The fourth-order valence-electron chi connectivity index (χ4n) is 4.22. The minimum atomic E-state index is -0.614. The predicted molar refractivity (Wildman–Crippen MR) is 131 cm³/mol. The first-order valence-electron chi connectivity index (χ1n) is 11.4. The Balaban J connectivity index is 1.41. The third-order valence-corrected chi connectivity index (χ3v) is 6.20. The van der Waals surface area contributed by atoms with E-state index in [1.54, 1.807) is 12.3 Å². The Hall–Kier alpha value is -2.81. The molecule has 1 aromatic carbocycles. The average molecular weight is 488 g/mol. The molecule has 0 unspecified atom stereocenters. The first kappa shape index (κ1) is 24.3. The standard InChI is InChI=1S/C25H28ClF2N5O/c26-22-15-31-25(32-20-6-4-19(5-7-20)29-8-9-34)13-21(22)23-2-1-3-24(33-23)30-14-16-10-17(27)12-18(28)11-16/h1-3,10-13,15,19-20,29,34H,4-9,14H2,(H,30,33)(H,31,32). The maximum Gasteiger partial charge on any atom is 0.126 e. The highest BCUT2D eigenvalue weighted by Crippen LogP contribution is 2.30. The van der Waals surface area contributed by atoms with Gasteiger partial charge in [-0.15, -0.1) is 0 Å². The largest absolute Gasteiger partial charge is 0.395 e. The fraction of sp³-hybridized carbons (Fsp3) is 0.360. The Kier molecular flexibility index (Phi) is 8.26. The molecule has 1 aliphatic rings. The lowest BCUT2D eigenvalue weighted by Gasteiger charge is -2.30. The minimum absolute atomic E-state index is 0.157. The number of aliphatic hydroxyl groups is 1. The van der Waals surface area contributed by atoms with Gasteiger partial charge in [-0.05, 0) is 61.6 Å². The lowest BCUT2D eigenvalue weighted by Crippen LogP contribution is -2.38. The highest BCUT2D eigenvalue weighted by molar-refractivity contribution is 6.33. The Labute approximate surface area is 202 Å². The van der Waals surface area contributed by atoms with Gasteiger partial charge in [0.15, 0.2) is 0 Å². The summed E-state index contributed by atoms with van der Waals surface area (Å²) < 4.78 is 26.9. The second-order valence-corrected chi connectivity index (χ2v) is 8.87. The zero-order valence-corrected chi connectivity index (χ0v) is 19.5. The predicted octanol–water partition coefficient (Wildman–Crippen LogP) is 4.99. The van der Waals surface area contributed by atoms with E-state index in [1.807, 2.05) is 18.2 Å². The Morgan fingerprint density at radius 2 is 1.71 bits per heavy atom. The number of anilines is 2. The maximum atomic E-state index is 13.4. The lowest BCUT2D eigenvalue weighted by molar-refractivity contribution is 0.269. The van der Waals surface area contributed by atoms with Crippen LogP contribution in [-0.4, -0.2) is 40.3 Å². The number of halogens is 3. The van der Waals surface area contributed by atoms with Crippen molar-refractivity contribution in [2.75, 3.05) is 23.8 Å². The van der Waals surface area contributed by atoms with Crippen LogP contribution in [0.15, 0.2) is 48.7 Å². The summed E-state index contributed by atoms with van der Waals surface area (Å²) in [5, 5.41) is 19.4. The third kappa shape index (κ3) is 6.62. The van der Waals surface area contributed by atoms with Crippen LogP contribution in [0.4, 0.5) is 20.4 Å². The number of pyridine rings is 2. The number of hydrogen-bond donors (Lipinski definition) is 4. The van der Waals surface area contributed by atoms with E-state index in [0.29, 0.717) is 40.7 Å². The highest BCUT2D eigenvalue weighted by atomic mass is 35.5. The van der Waals surface area contributed by atoms with Crippen LogP contribution < -0.4 is 16.0 Å². The molecule has 0 amide bonds. The van der Waals surface area contributed by atoms with Crippen LogP contribution >= 0.6 is 11.6 Å². The van der Waals surface area contributed by atoms with Crippen LogP contribution in [0.3, 0.4) is 0 Å². The molecule has 0 aliphatic heterocycles. The molecule has 9 heteroatoms. The molecular formula is C25H28ClF2N5O. The summed E-state index contributed by atoms with van der Waals surface area (Å²) in [7, 11) is 0. The zero-order valence-electron chi connectivity index (χ0n) is 18.7. The second kappa shape index (κ2) is 11.6. The van der Waals surface area contributed by atoms with Crippen LogP contribution in [0.5, 0.6) is 0 Å². The van der Waals surface area contributed by atoms with Gasteiger partial charge in [-0.3, -0.25) is 0 Å². The number of benzene rings is 1. The smallest absolute Gasteiger partial charge is 0.126 e. The van der Waals surface area contributed by atoms with E-state index in [-0.39, 0.29) is 13.2 Å². The lowest BCUT2D eigenvalue weighted by atomic mass is 9.91.